The molecule has 0 spiro atoms. The number of halogens is 2. The number of hydrogen-bond donors (Lipinski definition) is 2. The van der Waals surface area contributed by atoms with Crippen LogP contribution in [0.25, 0.3) is 0 Å². The molecule has 3 saturated carbocycles. The molecule has 0 radical (unpaired) electrons. The smallest absolute Gasteiger partial charge is 0.338 e. The summed E-state index contributed by atoms with van der Waals surface area (Å²) in [4.78, 5) is 54.8. The molecule has 5 fully saturated rings. The summed E-state index contributed by atoms with van der Waals surface area (Å²) in [5.41, 5.74) is 0.464. The van der Waals surface area contributed by atoms with Gasteiger partial charge in [0.15, 0.2) is 10.8 Å². The van der Waals surface area contributed by atoms with Crippen molar-refractivity contribution in [2.45, 2.75) is 63.1 Å². The number of hydrogen-bond acceptors (Lipinski definition) is 9. The maximum Gasteiger partial charge on any atom is 0.338 e. The molecule has 2 bridgehead atoms. The molecule has 1 aromatic carbocycles. The number of aromatic nitrogens is 1. The highest BCUT2D eigenvalue weighted by atomic mass is 35.5. The number of nitrogens with one attached hydrogen (secondary N) is 1. The van der Waals surface area contributed by atoms with Crippen molar-refractivity contribution >= 4 is 46.7 Å². The first-order chi connectivity index (χ1) is 22.1. The molecule has 1 aromatic heterocycles. The lowest BCUT2D eigenvalue weighted by Crippen LogP contribution is -2.59. The third-order valence-corrected chi connectivity index (χ3v) is 11.7. The molecule has 11 nitrogen and oxygen atoms in total. The van der Waals surface area contributed by atoms with E-state index in [0.717, 1.165) is 19.3 Å². The fourth-order valence-electron chi connectivity index (χ4n) is 7.99. The Labute approximate surface area is 275 Å². The number of carbonyl (C=O) groups excluding carboxylic acids is 2. The van der Waals surface area contributed by atoms with Gasteiger partial charge in [0.1, 0.15) is 11.9 Å². The molecule has 2 N–H and O–H groups in total. The second-order valence-electron chi connectivity index (χ2n) is 12.9. The number of thiazole rings is 1. The SMILES string of the molecule is CCOC(=O)C1=C(CN2CCN3C(=O)N(C45CCC(C(=O)O)(CC4)CC5)CC3C2)NC(c2nccs2)=NC1c1ccc(F)cc1Cl. The van der Waals surface area contributed by atoms with Crippen LogP contribution in [-0.2, 0) is 14.3 Å². The van der Waals surface area contributed by atoms with Crippen molar-refractivity contribution < 1.29 is 28.6 Å². The molecular weight excluding hydrogens is 635 g/mol. The van der Waals surface area contributed by atoms with Crippen LogP contribution in [0, 0.1) is 11.2 Å². The average molecular weight is 671 g/mol. The molecule has 8 rings (SSSR count). The van der Waals surface area contributed by atoms with Crippen LogP contribution in [0.2, 0.25) is 5.02 Å². The number of nitrogens with zero attached hydrogens (tertiary/aromatic N) is 5. The molecular formula is C32H36ClFN6O5S. The maximum absolute atomic E-state index is 14.0. The van der Waals surface area contributed by atoms with Crippen molar-refractivity contribution in [2.75, 3.05) is 39.3 Å². The minimum absolute atomic E-state index is 0.0339. The van der Waals surface area contributed by atoms with E-state index in [1.165, 1.54) is 23.5 Å². The molecule has 46 heavy (non-hydrogen) atoms. The van der Waals surface area contributed by atoms with E-state index < -0.39 is 29.2 Å². The lowest BCUT2D eigenvalue weighted by atomic mass is 9.57. The first-order valence-electron chi connectivity index (χ1n) is 15.8. The third-order valence-electron chi connectivity index (χ3n) is 10.6. The fraction of sp³-hybridized carbons (Fsp3) is 0.531. The normalized spacial score (nSPS) is 29.5. The number of amidine groups is 1. The monoisotopic (exact) mass is 670 g/mol. The van der Waals surface area contributed by atoms with Gasteiger partial charge in [-0.05, 0) is 57.6 Å². The molecule has 6 aliphatic rings. The number of esters is 1. The van der Waals surface area contributed by atoms with Gasteiger partial charge in [0.05, 0.1) is 23.6 Å². The third kappa shape index (κ3) is 5.26. The molecule has 2 amide bonds. The summed E-state index contributed by atoms with van der Waals surface area (Å²) in [7, 11) is 0. The molecule has 14 heteroatoms. The molecule has 4 heterocycles. The van der Waals surface area contributed by atoms with Gasteiger partial charge in [0.25, 0.3) is 0 Å². The second kappa shape index (κ2) is 11.9. The number of aliphatic carboxylic acids is 1. The summed E-state index contributed by atoms with van der Waals surface area (Å²) in [6, 6.07) is 3.21. The van der Waals surface area contributed by atoms with E-state index in [-0.39, 0.29) is 29.2 Å². The number of fused-ring (bicyclic) bond motifs is 4. The highest BCUT2D eigenvalue weighted by Crippen LogP contribution is 2.55. The van der Waals surface area contributed by atoms with Gasteiger partial charge in [-0.1, -0.05) is 17.7 Å². The van der Waals surface area contributed by atoms with Gasteiger partial charge in [-0.15, -0.1) is 11.3 Å². The summed E-state index contributed by atoms with van der Waals surface area (Å²) in [6.45, 7) is 4.59. The number of carbonyl (C=O) groups is 3. The van der Waals surface area contributed by atoms with E-state index in [1.54, 1.807) is 19.2 Å². The van der Waals surface area contributed by atoms with Crippen LogP contribution >= 0.6 is 22.9 Å². The zero-order valence-electron chi connectivity index (χ0n) is 25.5. The average Bonchev–Trinajstić information content (AvgIpc) is 3.70. The molecule has 2 unspecified atom stereocenters. The van der Waals surface area contributed by atoms with Gasteiger partial charge >= 0.3 is 18.0 Å². The summed E-state index contributed by atoms with van der Waals surface area (Å²) in [5, 5.41) is 15.8. The van der Waals surface area contributed by atoms with E-state index in [9.17, 15) is 23.9 Å². The fourth-order valence-corrected chi connectivity index (χ4v) is 8.85. The van der Waals surface area contributed by atoms with Gasteiger partial charge in [0.2, 0.25) is 0 Å². The highest BCUT2D eigenvalue weighted by Gasteiger charge is 2.58. The number of carboxylic acids is 1. The van der Waals surface area contributed by atoms with Gasteiger partial charge < -0.3 is 25.0 Å². The van der Waals surface area contributed by atoms with Crippen molar-refractivity contribution in [3.63, 3.8) is 0 Å². The van der Waals surface area contributed by atoms with Crippen molar-refractivity contribution in [1.82, 2.24) is 25.0 Å². The van der Waals surface area contributed by atoms with Crippen LogP contribution in [0.15, 0.2) is 46.0 Å². The van der Waals surface area contributed by atoms with Crippen LogP contribution in [0.3, 0.4) is 0 Å². The largest absolute Gasteiger partial charge is 0.481 e. The Morgan fingerprint density at radius 1 is 1.17 bits per heavy atom. The Hall–Kier alpha value is -3.55. The second-order valence-corrected chi connectivity index (χ2v) is 14.2. The Balaban J connectivity index is 1.15. The summed E-state index contributed by atoms with van der Waals surface area (Å²) < 4.78 is 19.6. The van der Waals surface area contributed by atoms with Crippen LogP contribution in [0.5, 0.6) is 0 Å². The number of aliphatic imine (C=N–C) groups is 1. The molecule has 2 saturated heterocycles. The van der Waals surface area contributed by atoms with Crippen LogP contribution in [0.4, 0.5) is 9.18 Å². The number of rotatable bonds is 8. The predicted molar refractivity (Wildman–Crippen MR) is 169 cm³/mol. The molecule has 3 aliphatic heterocycles. The predicted octanol–water partition coefficient (Wildman–Crippen LogP) is 4.44. The lowest BCUT2D eigenvalue weighted by Gasteiger charge is -2.54. The van der Waals surface area contributed by atoms with Gasteiger partial charge in [-0.2, -0.15) is 0 Å². The zero-order chi connectivity index (χ0) is 32.2. The van der Waals surface area contributed by atoms with Crippen molar-refractivity contribution in [1.29, 1.82) is 0 Å². The lowest BCUT2D eigenvalue weighted by molar-refractivity contribution is -0.158. The Bertz CT molecular complexity index is 1610. The maximum atomic E-state index is 14.0. The van der Waals surface area contributed by atoms with E-state index in [2.05, 4.69) is 15.2 Å². The summed E-state index contributed by atoms with van der Waals surface area (Å²) >= 11 is 7.93. The van der Waals surface area contributed by atoms with Gasteiger partial charge in [0, 0.05) is 66.1 Å². The Morgan fingerprint density at radius 3 is 2.59 bits per heavy atom. The number of urea groups is 1. The van der Waals surface area contributed by atoms with Gasteiger partial charge in [-0.25, -0.2) is 19.0 Å². The Kier molecular flexibility index (Phi) is 8.05. The van der Waals surface area contributed by atoms with E-state index in [4.69, 9.17) is 21.3 Å². The number of ether oxygens (including phenoxy) is 1. The van der Waals surface area contributed by atoms with E-state index in [1.807, 2.05) is 15.2 Å². The first kappa shape index (κ1) is 31.1. The standard InChI is InChI=1S/C32H36ClFN6O5S/c1-2-45-28(41)24-23(36-26(27-35-11-14-46-27)37-25(24)21-4-3-19(34)15-22(21)33)18-38-12-13-39-20(16-38)17-40(30(39)44)32-8-5-31(6-9-32,7-10-32)29(42)43/h3-4,11,14-15,20,25H,2,5-10,12-13,16-18H2,1H3,(H,36,37)(H,42,43). The molecule has 2 atom stereocenters. The van der Waals surface area contributed by atoms with Crippen molar-refractivity contribution in [2.24, 2.45) is 10.4 Å². The minimum Gasteiger partial charge on any atom is -0.481 e. The number of benzene rings is 1. The highest BCUT2D eigenvalue weighted by molar-refractivity contribution is 7.11. The topological polar surface area (TPSA) is 128 Å². The van der Waals surface area contributed by atoms with Crippen molar-refractivity contribution in [3.05, 3.63) is 62.5 Å². The quantitative estimate of drug-likeness (QED) is 0.395. The van der Waals surface area contributed by atoms with Crippen molar-refractivity contribution in [3.8, 4) is 0 Å². The minimum atomic E-state index is -0.846. The van der Waals surface area contributed by atoms with Crippen LogP contribution < -0.4 is 5.32 Å². The van der Waals surface area contributed by atoms with Crippen LogP contribution in [-0.4, -0.2) is 99.5 Å². The summed E-state index contributed by atoms with van der Waals surface area (Å²) in [6.07, 6.45) is 5.69. The zero-order valence-corrected chi connectivity index (χ0v) is 27.1. The molecule has 2 aromatic rings. The summed E-state index contributed by atoms with van der Waals surface area (Å²) in [5.74, 6) is -1.25. The number of carboxylic acid groups (broad SMARTS) is 1. The molecule has 244 valence electrons. The number of amides is 2. The molecule has 3 aliphatic carbocycles. The van der Waals surface area contributed by atoms with E-state index in [0.29, 0.717) is 79.7 Å². The Morgan fingerprint density at radius 2 is 1.93 bits per heavy atom. The van der Waals surface area contributed by atoms with Gasteiger partial charge in [-0.3, -0.25) is 14.7 Å². The first-order valence-corrected chi connectivity index (χ1v) is 17.0. The van der Waals surface area contributed by atoms with E-state index >= 15 is 0 Å². The van der Waals surface area contributed by atoms with Crippen LogP contribution in [0.1, 0.15) is 62.1 Å². The number of piperazine rings is 1.